The average Bonchev–Trinajstić information content (AvgIpc) is 3.12. The number of anilines is 1. The predicted octanol–water partition coefficient (Wildman–Crippen LogP) is 3.37. The Labute approximate surface area is 171 Å². The molecule has 1 aliphatic rings. The number of ether oxygens (including phenoxy) is 1. The standard InChI is InChI=1S/C21H18ClN3O4/c1-12-4-2-5-15-19(12)23-17(24-20(15)27)11-29-21(28)14-8-7-13(22)10-16(14)25-9-3-6-18(25)26/h2,4-5,7-8,10H,3,6,9,11H2,1H3,(H,23,24,27). The topological polar surface area (TPSA) is 92.4 Å². The molecular weight excluding hydrogens is 394 g/mol. The number of carbonyl (C=O) groups is 2. The zero-order valence-electron chi connectivity index (χ0n) is 15.7. The Hall–Kier alpha value is -3.19. The Morgan fingerprint density at radius 3 is 2.86 bits per heavy atom. The summed E-state index contributed by atoms with van der Waals surface area (Å²) in [5.41, 5.74) is 1.80. The van der Waals surface area contributed by atoms with Gasteiger partial charge < -0.3 is 14.6 Å². The summed E-state index contributed by atoms with van der Waals surface area (Å²) in [5.74, 6) is -0.431. The second-order valence-corrected chi connectivity index (χ2v) is 7.31. The average molecular weight is 412 g/mol. The lowest BCUT2D eigenvalue weighted by Crippen LogP contribution is -2.26. The van der Waals surface area contributed by atoms with Crippen LogP contribution in [0.4, 0.5) is 5.69 Å². The van der Waals surface area contributed by atoms with Crippen molar-refractivity contribution in [1.29, 1.82) is 0 Å². The molecule has 2 aromatic carbocycles. The molecule has 148 valence electrons. The van der Waals surface area contributed by atoms with Crippen LogP contribution in [0.15, 0.2) is 41.2 Å². The van der Waals surface area contributed by atoms with Crippen LogP contribution in [-0.2, 0) is 16.1 Å². The molecule has 3 aromatic rings. The molecule has 0 bridgehead atoms. The first kappa shape index (κ1) is 19.1. The van der Waals surface area contributed by atoms with Gasteiger partial charge in [0, 0.05) is 18.0 Å². The lowest BCUT2D eigenvalue weighted by atomic mass is 10.1. The van der Waals surface area contributed by atoms with Gasteiger partial charge in [-0.25, -0.2) is 9.78 Å². The number of hydrogen-bond donors (Lipinski definition) is 1. The third-order valence-corrected chi connectivity index (χ3v) is 5.11. The molecule has 0 atom stereocenters. The number of hydrogen-bond acceptors (Lipinski definition) is 5. The van der Waals surface area contributed by atoms with Crippen LogP contribution >= 0.6 is 11.6 Å². The number of nitrogens with one attached hydrogen (secondary N) is 1. The molecule has 0 saturated carbocycles. The summed E-state index contributed by atoms with van der Waals surface area (Å²) in [4.78, 5) is 45.7. The van der Waals surface area contributed by atoms with Crippen molar-refractivity contribution in [2.45, 2.75) is 26.4 Å². The quantitative estimate of drug-likeness (QED) is 0.664. The smallest absolute Gasteiger partial charge is 0.340 e. The van der Waals surface area contributed by atoms with Crippen LogP contribution in [0.3, 0.4) is 0 Å². The minimum Gasteiger partial charge on any atom is -0.454 e. The molecule has 4 rings (SSSR count). The number of rotatable bonds is 4. The van der Waals surface area contributed by atoms with Gasteiger partial charge >= 0.3 is 5.97 Å². The Kier molecular flexibility index (Phi) is 5.07. The van der Waals surface area contributed by atoms with Gasteiger partial charge in [0.15, 0.2) is 0 Å². The van der Waals surface area contributed by atoms with Gasteiger partial charge in [-0.3, -0.25) is 9.59 Å². The van der Waals surface area contributed by atoms with Crippen molar-refractivity contribution in [3.8, 4) is 0 Å². The summed E-state index contributed by atoms with van der Waals surface area (Å²) in [7, 11) is 0. The number of aromatic amines is 1. The first-order chi connectivity index (χ1) is 13.9. The Morgan fingerprint density at radius 1 is 1.28 bits per heavy atom. The van der Waals surface area contributed by atoms with E-state index < -0.39 is 5.97 Å². The molecule has 1 aromatic heterocycles. The van der Waals surface area contributed by atoms with E-state index in [1.54, 1.807) is 29.2 Å². The first-order valence-electron chi connectivity index (χ1n) is 9.19. The summed E-state index contributed by atoms with van der Waals surface area (Å²) in [6.45, 7) is 2.18. The maximum absolute atomic E-state index is 12.7. The zero-order valence-corrected chi connectivity index (χ0v) is 16.5. The van der Waals surface area contributed by atoms with Gasteiger partial charge in [-0.2, -0.15) is 0 Å². The van der Waals surface area contributed by atoms with Gasteiger partial charge in [0.1, 0.15) is 12.4 Å². The summed E-state index contributed by atoms with van der Waals surface area (Å²) in [6, 6.07) is 10.0. The fourth-order valence-corrected chi connectivity index (χ4v) is 3.60. The highest BCUT2D eigenvalue weighted by Gasteiger charge is 2.27. The van der Waals surface area contributed by atoms with Crippen LogP contribution in [0.1, 0.15) is 34.6 Å². The van der Waals surface area contributed by atoms with Crippen molar-refractivity contribution >= 4 is 40.1 Å². The van der Waals surface area contributed by atoms with Crippen molar-refractivity contribution in [3.05, 3.63) is 68.7 Å². The van der Waals surface area contributed by atoms with Gasteiger partial charge in [-0.1, -0.05) is 23.7 Å². The van der Waals surface area contributed by atoms with Crippen molar-refractivity contribution < 1.29 is 14.3 Å². The Morgan fingerprint density at radius 2 is 2.10 bits per heavy atom. The van der Waals surface area contributed by atoms with E-state index >= 15 is 0 Å². The number of halogens is 1. The number of para-hydroxylation sites is 1. The van der Waals surface area contributed by atoms with Gasteiger partial charge in [-0.05, 0) is 43.2 Å². The van der Waals surface area contributed by atoms with Crippen LogP contribution in [0, 0.1) is 6.92 Å². The Bertz CT molecular complexity index is 1190. The van der Waals surface area contributed by atoms with Crippen LogP contribution in [0.2, 0.25) is 5.02 Å². The second kappa shape index (κ2) is 7.67. The number of amides is 1. The molecule has 0 aliphatic carbocycles. The van der Waals surface area contributed by atoms with Crippen molar-refractivity contribution in [3.63, 3.8) is 0 Å². The molecule has 2 heterocycles. The molecule has 0 radical (unpaired) electrons. The fourth-order valence-electron chi connectivity index (χ4n) is 3.44. The molecule has 1 amide bonds. The zero-order chi connectivity index (χ0) is 20.5. The lowest BCUT2D eigenvalue weighted by molar-refractivity contribution is -0.117. The third-order valence-electron chi connectivity index (χ3n) is 4.87. The monoisotopic (exact) mass is 411 g/mol. The van der Waals surface area contributed by atoms with E-state index in [9.17, 15) is 14.4 Å². The summed E-state index contributed by atoms with van der Waals surface area (Å²) in [6.07, 6.45) is 1.16. The minimum atomic E-state index is -0.621. The highest BCUT2D eigenvalue weighted by Crippen LogP contribution is 2.29. The molecule has 1 aliphatic heterocycles. The van der Waals surface area contributed by atoms with Crippen LogP contribution in [0.25, 0.3) is 10.9 Å². The van der Waals surface area contributed by atoms with Crippen LogP contribution < -0.4 is 10.5 Å². The van der Waals surface area contributed by atoms with Crippen LogP contribution in [-0.4, -0.2) is 28.4 Å². The lowest BCUT2D eigenvalue weighted by Gasteiger charge is -2.19. The Balaban J connectivity index is 1.60. The summed E-state index contributed by atoms with van der Waals surface area (Å²) >= 11 is 6.07. The maximum Gasteiger partial charge on any atom is 0.340 e. The molecule has 0 unspecified atom stereocenters. The summed E-state index contributed by atoms with van der Waals surface area (Å²) < 4.78 is 5.38. The third kappa shape index (κ3) is 3.73. The van der Waals surface area contributed by atoms with Crippen molar-refractivity contribution in [2.24, 2.45) is 0 Å². The number of nitrogens with zero attached hydrogens (tertiary/aromatic N) is 2. The molecule has 29 heavy (non-hydrogen) atoms. The predicted molar refractivity (Wildman–Crippen MR) is 109 cm³/mol. The molecule has 7 nitrogen and oxygen atoms in total. The summed E-state index contributed by atoms with van der Waals surface area (Å²) in [5, 5.41) is 0.903. The fraction of sp³-hybridized carbons (Fsp3) is 0.238. The number of H-pyrrole nitrogens is 1. The van der Waals surface area contributed by atoms with E-state index in [4.69, 9.17) is 16.3 Å². The van der Waals surface area contributed by atoms with E-state index in [1.807, 2.05) is 13.0 Å². The molecule has 1 fully saturated rings. The SMILES string of the molecule is Cc1cccc2c(=O)[nH]c(COC(=O)c3ccc(Cl)cc3N3CCCC3=O)nc12. The van der Waals surface area contributed by atoms with Gasteiger partial charge in [-0.15, -0.1) is 0 Å². The number of aryl methyl sites for hydroxylation is 1. The van der Waals surface area contributed by atoms with E-state index in [2.05, 4.69) is 9.97 Å². The number of carbonyl (C=O) groups excluding carboxylic acids is 2. The van der Waals surface area contributed by atoms with Gasteiger partial charge in [0.2, 0.25) is 5.91 Å². The maximum atomic E-state index is 12.7. The van der Waals surface area contributed by atoms with E-state index in [1.165, 1.54) is 6.07 Å². The molecule has 1 saturated heterocycles. The molecule has 8 heteroatoms. The van der Waals surface area contributed by atoms with Crippen molar-refractivity contribution in [1.82, 2.24) is 9.97 Å². The number of benzene rings is 2. The van der Waals surface area contributed by atoms with Gasteiger partial charge in [0.25, 0.3) is 5.56 Å². The van der Waals surface area contributed by atoms with Crippen LogP contribution in [0.5, 0.6) is 0 Å². The van der Waals surface area contributed by atoms with Crippen molar-refractivity contribution in [2.75, 3.05) is 11.4 Å². The van der Waals surface area contributed by atoms with Gasteiger partial charge in [0.05, 0.1) is 22.2 Å². The molecular formula is C21H18ClN3O4. The second-order valence-electron chi connectivity index (χ2n) is 6.87. The number of aromatic nitrogens is 2. The van der Waals surface area contributed by atoms with E-state index in [0.717, 1.165) is 12.0 Å². The van der Waals surface area contributed by atoms with E-state index in [-0.39, 0.29) is 29.5 Å². The first-order valence-corrected chi connectivity index (χ1v) is 9.57. The normalized spacial score (nSPS) is 13.9. The minimum absolute atomic E-state index is 0.0580. The highest BCUT2D eigenvalue weighted by molar-refractivity contribution is 6.31. The number of fused-ring (bicyclic) bond motifs is 1. The molecule has 1 N–H and O–H groups in total. The molecule has 0 spiro atoms. The highest BCUT2D eigenvalue weighted by atomic mass is 35.5. The van der Waals surface area contributed by atoms with E-state index in [0.29, 0.717) is 34.6 Å². The number of esters is 1. The largest absolute Gasteiger partial charge is 0.454 e.